The van der Waals surface area contributed by atoms with Gasteiger partial charge in [0.05, 0.1) is 44.1 Å². The molecule has 0 spiro atoms. The second-order valence-electron chi connectivity index (χ2n) is 12.7. The van der Waals surface area contributed by atoms with Crippen LogP contribution in [0.15, 0.2) is 144 Å². The minimum atomic E-state index is 0.619. The van der Waals surface area contributed by atoms with Crippen LogP contribution in [0.4, 0.5) is 0 Å². The summed E-state index contributed by atoms with van der Waals surface area (Å²) in [5.74, 6) is 3.04. The molecule has 0 amide bonds. The summed E-state index contributed by atoms with van der Waals surface area (Å²) in [5, 5.41) is 0.950. The van der Waals surface area contributed by atoms with Gasteiger partial charge in [0.15, 0.2) is 11.4 Å². The SMILES string of the molecule is c1ccc(-n2c3ccc(-c4ccc5c(c4)n4c6ccccc6nc4n5-c4ncnc5c4oc4ccccc45)cc3n3c4ccccc4nc23)nc1. The van der Waals surface area contributed by atoms with Crippen LogP contribution in [0.25, 0.3) is 101 Å². The number of pyridine rings is 1. The Labute approximate surface area is 287 Å². The van der Waals surface area contributed by atoms with Crippen LogP contribution in [0.1, 0.15) is 0 Å². The van der Waals surface area contributed by atoms with Crippen LogP contribution in [0.3, 0.4) is 0 Å². The number of fused-ring (bicyclic) bond motifs is 13. The number of aromatic nitrogens is 9. The Bertz CT molecular complexity index is 3380. The van der Waals surface area contributed by atoms with Crippen molar-refractivity contribution < 1.29 is 4.42 Å². The zero-order chi connectivity index (χ0) is 33.2. The van der Waals surface area contributed by atoms with Gasteiger partial charge in [-0.3, -0.25) is 17.9 Å². The second kappa shape index (κ2) is 9.64. The third-order valence-corrected chi connectivity index (χ3v) is 9.96. The predicted molar refractivity (Wildman–Crippen MR) is 199 cm³/mol. The Morgan fingerprint density at radius 1 is 0.490 bits per heavy atom. The van der Waals surface area contributed by atoms with Gasteiger partial charge in [-0.1, -0.05) is 54.6 Å². The number of imidazole rings is 4. The van der Waals surface area contributed by atoms with E-state index < -0.39 is 0 Å². The highest BCUT2D eigenvalue weighted by atomic mass is 16.3. The molecule has 0 aliphatic rings. The topological polar surface area (TPSA) is 96.3 Å². The quantitative estimate of drug-likeness (QED) is 0.188. The molecule has 0 bridgehead atoms. The van der Waals surface area contributed by atoms with Crippen LogP contribution in [-0.4, -0.2) is 42.9 Å². The van der Waals surface area contributed by atoms with Crippen molar-refractivity contribution in [1.29, 1.82) is 0 Å². The first-order valence-corrected chi connectivity index (χ1v) is 16.7. The van der Waals surface area contributed by atoms with Crippen molar-refractivity contribution >= 4 is 77.8 Å². The Balaban J connectivity index is 1.14. The summed E-state index contributed by atoms with van der Waals surface area (Å²) >= 11 is 0. The molecule has 51 heavy (non-hydrogen) atoms. The summed E-state index contributed by atoms with van der Waals surface area (Å²) < 4.78 is 15.1. The van der Waals surface area contributed by atoms with E-state index in [0.29, 0.717) is 11.4 Å². The van der Waals surface area contributed by atoms with Crippen LogP contribution >= 0.6 is 0 Å². The van der Waals surface area contributed by atoms with E-state index in [2.05, 4.69) is 83.6 Å². The van der Waals surface area contributed by atoms with Crippen LogP contribution in [0.5, 0.6) is 0 Å². The smallest absolute Gasteiger partial charge is 0.222 e. The zero-order valence-electron chi connectivity index (χ0n) is 26.7. The summed E-state index contributed by atoms with van der Waals surface area (Å²) in [5.41, 5.74) is 12.2. The van der Waals surface area contributed by atoms with E-state index in [4.69, 9.17) is 24.4 Å². The molecule has 0 radical (unpaired) electrons. The van der Waals surface area contributed by atoms with Gasteiger partial charge in [-0.25, -0.2) is 24.9 Å². The standard InChI is InChI=1S/C41H23N9O/c1-6-14-35-26(9-1)37-38(51-35)39(44-23-43-37)50-32-19-17-25(22-34(32)48-30-13-5-3-11-28(30)46-41(48)50)24-16-18-31-33(21-24)47-29-12-4-2-10-27(29)45-40(47)49(31)36-15-7-8-20-42-36/h1-23H. The first-order chi connectivity index (χ1) is 25.3. The number of para-hydroxylation sites is 5. The Kier molecular flexibility index (Phi) is 5.03. The van der Waals surface area contributed by atoms with Gasteiger partial charge < -0.3 is 4.42 Å². The molecule has 7 aromatic heterocycles. The Morgan fingerprint density at radius 2 is 1.12 bits per heavy atom. The first kappa shape index (κ1) is 26.6. The van der Waals surface area contributed by atoms with Gasteiger partial charge in [0, 0.05) is 11.6 Å². The van der Waals surface area contributed by atoms with Crippen molar-refractivity contribution in [3.63, 3.8) is 0 Å². The van der Waals surface area contributed by atoms with E-state index in [-0.39, 0.29) is 0 Å². The van der Waals surface area contributed by atoms with E-state index in [1.807, 2.05) is 72.9 Å². The summed E-state index contributed by atoms with van der Waals surface area (Å²) in [4.78, 5) is 24.3. The molecule has 7 heterocycles. The van der Waals surface area contributed by atoms with Crippen molar-refractivity contribution in [2.75, 3.05) is 0 Å². The van der Waals surface area contributed by atoms with Crippen molar-refractivity contribution in [3.05, 3.63) is 140 Å². The largest absolute Gasteiger partial charge is 0.450 e. The second-order valence-corrected chi connectivity index (χ2v) is 12.7. The van der Waals surface area contributed by atoms with Gasteiger partial charge in [-0.05, 0) is 83.9 Å². The lowest BCUT2D eigenvalue weighted by Crippen LogP contribution is -1.99. The minimum absolute atomic E-state index is 0.619. The lowest BCUT2D eigenvalue weighted by molar-refractivity contribution is 0.662. The monoisotopic (exact) mass is 657 g/mol. The average molecular weight is 658 g/mol. The van der Waals surface area contributed by atoms with Gasteiger partial charge in [-0.2, -0.15) is 0 Å². The molecule has 238 valence electrons. The fraction of sp³-hybridized carbons (Fsp3) is 0. The van der Waals surface area contributed by atoms with Crippen LogP contribution < -0.4 is 0 Å². The highest BCUT2D eigenvalue weighted by Crippen LogP contribution is 2.37. The normalized spacial score (nSPS) is 12.3. The molecule has 5 aromatic carbocycles. The molecule has 12 rings (SSSR count). The van der Waals surface area contributed by atoms with Gasteiger partial charge >= 0.3 is 0 Å². The Hall–Kier alpha value is -7.33. The maximum absolute atomic E-state index is 6.41. The molecule has 0 unspecified atom stereocenters. The molecule has 10 nitrogen and oxygen atoms in total. The number of nitrogens with zero attached hydrogens (tertiary/aromatic N) is 9. The third-order valence-electron chi connectivity index (χ3n) is 9.96. The summed E-state index contributed by atoms with van der Waals surface area (Å²) in [6, 6.07) is 43.5. The molecule has 12 aromatic rings. The van der Waals surface area contributed by atoms with Gasteiger partial charge in [0.1, 0.15) is 23.2 Å². The van der Waals surface area contributed by atoms with Crippen LogP contribution in [-0.2, 0) is 0 Å². The first-order valence-electron chi connectivity index (χ1n) is 16.7. The third kappa shape index (κ3) is 3.52. The predicted octanol–water partition coefficient (Wildman–Crippen LogP) is 8.93. The molecular formula is C41H23N9O. The maximum Gasteiger partial charge on any atom is 0.222 e. The van der Waals surface area contributed by atoms with Crippen LogP contribution in [0.2, 0.25) is 0 Å². The van der Waals surface area contributed by atoms with Crippen molar-refractivity contribution in [2.24, 2.45) is 0 Å². The van der Waals surface area contributed by atoms with Crippen LogP contribution in [0, 0.1) is 0 Å². The van der Waals surface area contributed by atoms with E-state index in [1.165, 1.54) is 0 Å². The lowest BCUT2D eigenvalue weighted by atomic mass is 10.0. The number of furan rings is 1. The van der Waals surface area contributed by atoms with E-state index in [9.17, 15) is 0 Å². The van der Waals surface area contributed by atoms with Crippen molar-refractivity contribution in [3.8, 4) is 22.8 Å². The molecular weight excluding hydrogens is 635 g/mol. The van der Waals surface area contributed by atoms with Gasteiger partial charge in [0.2, 0.25) is 11.6 Å². The van der Waals surface area contributed by atoms with Gasteiger partial charge in [-0.15, -0.1) is 0 Å². The number of hydrogen-bond acceptors (Lipinski definition) is 6. The number of rotatable bonds is 3. The van der Waals surface area contributed by atoms with Crippen molar-refractivity contribution in [2.45, 2.75) is 0 Å². The lowest BCUT2D eigenvalue weighted by Gasteiger charge is -2.07. The molecule has 0 N–H and O–H groups in total. The Morgan fingerprint density at radius 3 is 1.82 bits per heavy atom. The highest BCUT2D eigenvalue weighted by molar-refractivity contribution is 6.05. The fourth-order valence-corrected chi connectivity index (χ4v) is 7.75. The van der Waals surface area contributed by atoms with E-state index >= 15 is 0 Å². The average Bonchev–Trinajstić information content (AvgIpc) is 3.98. The maximum atomic E-state index is 6.41. The highest BCUT2D eigenvalue weighted by Gasteiger charge is 2.23. The molecule has 10 heteroatoms. The summed E-state index contributed by atoms with van der Waals surface area (Å²) in [6.07, 6.45) is 3.42. The van der Waals surface area contributed by atoms with Crippen molar-refractivity contribution in [1.82, 2.24) is 42.9 Å². The number of hydrogen-bond donors (Lipinski definition) is 0. The number of benzene rings is 5. The molecule has 0 saturated carbocycles. The molecule has 0 aliphatic carbocycles. The summed E-state index contributed by atoms with van der Waals surface area (Å²) in [6.45, 7) is 0. The minimum Gasteiger partial charge on any atom is -0.450 e. The van der Waals surface area contributed by atoms with Gasteiger partial charge in [0.25, 0.3) is 0 Å². The molecule has 0 aliphatic heterocycles. The molecule has 0 atom stereocenters. The fourth-order valence-electron chi connectivity index (χ4n) is 7.75. The molecule has 0 saturated heterocycles. The van der Waals surface area contributed by atoms with E-state index in [0.717, 1.165) is 89.1 Å². The summed E-state index contributed by atoms with van der Waals surface area (Å²) in [7, 11) is 0. The molecule has 0 fully saturated rings. The van der Waals surface area contributed by atoms with E-state index in [1.54, 1.807) is 6.33 Å². The zero-order valence-corrected chi connectivity index (χ0v) is 26.7.